The van der Waals surface area contributed by atoms with Gasteiger partial charge in [-0.1, -0.05) is 22.8 Å². The molecule has 1 aromatic heterocycles. The minimum Gasteiger partial charge on any atom is -0.364 e. The van der Waals surface area contributed by atoms with Crippen LogP contribution in [-0.2, 0) is 6.42 Å². The molecular formula is C6H6ClNO. The standard InChI is InChI=1S/C6H6ClNO/c7-3-1-2-6-4-8-9-5-6/h1,3-5H,2H2. The molecule has 0 atom stereocenters. The molecule has 0 radical (unpaired) electrons. The van der Waals surface area contributed by atoms with Gasteiger partial charge in [-0.3, -0.25) is 0 Å². The van der Waals surface area contributed by atoms with Gasteiger partial charge >= 0.3 is 0 Å². The molecule has 1 rings (SSSR count). The molecule has 0 aliphatic heterocycles. The monoisotopic (exact) mass is 143 g/mol. The second-order valence-electron chi connectivity index (χ2n) is 1.60. The van der Waals surface area contributed by atoms with Crippen LogP contribution >= 0.6 is 11.6 Å². The summed E-state index contributed by atoms with van der Waals surface area (Å²) >= 11 is 5.29. The highest BCUT2D eigenvalue weighted by Gasteiger charge is 1.88. The summed E-state index contributed by atoms with van der Waals surface area (Å²) < 4.78 is 4.58. The van der Waals surface area contributed by atoms with E-state index in [4.69, 9.17) is 11.6 Å². The van der Waals surface area contributed by atoms with Crippen LogP contribution in [0.25, 0.3) is 0 Å². The first-order valence-electron chi connectivity index (χ1n) is 2.57. The van der Waals surface area contributed by atoms with Gasteiger partial charge in [0.15, 0.2) is 0 Å². The second-order valence-corrected chi connectivity index (χ2v) is 1.85. The Morgan fingerprint density at radius 2 is 2.67 bits per heavy atom. The minimum atomic E-state index is 0.785. The summed E-state index contributed by atoms with van der Waals surface area (Å²) in [5, 5.41) is 3.52. The summed E-state index contributed by atoms with van der Waals surface area (Å²) in [7, 11) is 0. The first-order valence-corrected chi connectivity index (χ1v) is 3.00. The van der Waals surface area contributed by atoms with Crippen molar-refractivity contribution >= 4 is 11.6 Å². The zero-order chi connectivity index (χ0) is 6.53. The second kappa shape index (κ2) is 3.30. The van der Waals surface area contributed by atoms with Gasteiger partial charge in [0.2, 0.25) is 0 Å². The van der Waals surface area contributed by atoms with E-state index in [2.05, 4.69) is 9.68 Å². The molecule has 1 heterocycles. The normalized spacial score (nSPS) is 10.8. The van der Waals surface area contributed by atoms with Crippen molar-refractivity contribution < 1.29 is 4.52 Å². The summed E-state index contributed by atoms with van der Waals surface area (Å²) in [6, 6.07) is 0. The van der Waals surface area contributed by atoms with Crippen molar-refractivity contribution in [2.24, 2.45) is 0 Å². The molecule has 9 heavy (non-hydrogen) atoms. The van der Waals surface area contributed by atoms with Crippen molar-refractivity contribution in [3.63, 3.8) is 0 Å². The fraction of sp³-hybridized carbons (Fsp3) is 0.167. The Balaban J connectivity index is 2.48. The van der Waals surface area contributed by atoms with Gasteiger partial charge in [0.25, 0.3) is 0 Å². The van der Waals surface area contributed by atoms with E-state index in [0.717, 1.165) is 12.0 Å². The molecule has 3 heteroatoms. The maximum absolute atomic E-state index is 5.29. The van der Waals surface area contributed by atoms with Gasteiger partial charge in [-0.2, -0.15) is 0 Å². The molecule has 0 aromatic carbocycles. The predicted octanol–water partition coefficient (Wildman–Crippen LogP) is 1.97. The Kier molecular flexibility index (Phi) is 2.33. The number of nitrogens with zero attached hydrogens (tertiary/aromatic N) is 1. The van der Waals surface area contributed by atoms with Gasteiger partial charge in [-0.05, 0) is 6.42 Å². The number of halogens is 1. The Hall–Kier alpha value is -0.760. The molecular weight excluding hydrogens is 138 g/mol. The lowest BCUT2D eigenvalue weighted by atomic mass is 10.3. The van der Waals surface area contributed by atoms with Crippen molar-refractivity contribution in [1.82, 2.24) is 5.16 Å². The summed E-state index contributed by atoms with van der Waals surface area (Å²) in [4.78, 5) is 0. The number of allylic oxidation sites excluding steroid dienone is 1. The van der Waals surface area contributed by atoms with Crippen molar-refractivity contribution in [2.75, 3.05) is 0 Å². The van der Waals surface area contributed by atoms with Crippen LogP contribution in [0.3, 0.4) is 0 Å². The minimum absolute atomic E-state index is 0.785. The third-order valence-corrected chi connectivity index (χ3v) is 1.10. The van der Waals surface area contributed by atoms with E-state index < -0.39 is 0 Å². The number of aromatic nitrogens is 1. The van der Waals surface area contributed by atoms with E-state index in [-0.39, 0.29) is 0 Å². The molecule has 0 saturated carbocycles. The Bertz CT molecular complexity index is 181. The first-order chi connectivity index (χ1) is 4.43. The third-order valence-electron chi connectivity index (χ3n) is 0.926. The third kappa shape index (κ3) is 1.90. The molecule has 0 saturated heterocycles. The van der Waals surface area contributed by atoms with E-state index >= 15 is 0 Å². The van der Waals surface area contributed by atoms with Gasteiger partial charge in [0.1, 0.15) is 6.26 Å². The van der Waals surface area contributed by atoms with Gasteiger partial charge in [0, 0.05) is 11.1 Å². The van der Waals surface area contributed by atoms with E-state index in [1.807, 2.05) is 6.08 Å². The van der Waals surface area contributed by atoms with Crippen molar-refractivity contribution in [1.29, 1.82) is 0 Å². The molecule has 0 amide bonds. The zero-order valence-electron chi connectivity index (χ0n) is 4.75. The highest BCUT2D eigenvalue weighted by molar-refractivity contribution is 6.25. The SMILES string of the molecule is ClC=CCc1cnoc1. The predicted molar refractivity (Wildman–Crippen MR) is 35.2 cm³/mol. The first kappa shape index (κ1) is 6.36. The quantitative estimate of drug-likeness (QED) is 0.633. The highest BCUT2D eigenvalue weighted by Crippen LogP contribution is 1.98. The molecule has 48 valence electrons. The topological polar surface area (TPSA) is 26.0 Å². The van der Waals surface area contributed by atoms with Crippen LogP contribution in [0.5, 0.6) is 0 Å². The zero-order valence-corrected chi connectivity index (χ0v) is 5.51. The Morgan fingerprint density at radius 3 is 3.22 bits per heavy atom. The number of rotatable bonds is 2. The van der Waals surface area contributed by atoms with Crippen molar-refractivity contribution in [3.8, 4) is 0 Å². The summed E-state index contributed by atoms with van der Waals surface area (Å²) in [6.07, 6.45) is 5.87. The number of hydrogen-bond acceptors (Lipinski definition) is 2. The summed E-state index contributed by atoms with van der Waals surface area (Å²) in [5.74, 6) is 0. The smallest absolute Gasteiger partial charge is 0.127 e. The van der Waals surface area contributed by atoms with Crippen LogP contribution in [-0.4, -0.2) is 5.16 Å². The molecule has 0 unspecified atom stereocenters. The van der Waals surface area contributed by atoms with Crippen LogP contribution in [0.4, 0.5) is 0 Å². The molecule has 0 aliphatic rings. The molecule has 0 spiro atoms. The Labute approximate surface area is 58.1 Å². The van der Waals surface area contributed by atoms with Crippen LogP contribution < -0.4 is 0 Å². The van der Waals surface area contributed by atoms with Crippen molar-refractivity contribution in [3.05, 3.63) is 29.6 Å². The van der Waals surface area contributed by atoms with Gasteiger partial charge in [-0.25, -0.2) is 0 Å². The lowest BCUT2D eigenvalue weighted by molar-refractivity contribution is 0.419. The molecule has 0 bridgehead atoms. The average molecular weight is 144 g/mol. The maximum Gasteiger partial charge on any atom is 0.127 e. The molecule has 0 fully saturated rings. The molecule has 0 N–H and O–H groups in total. The fourth-order valence-corrected chi connectivity index (χ4v) is 0.597. The maximum atomic E-state index is 5.29. The van der Waals surface area contributed by atoms with Gasteiger partial charge < -0.3 is 4.52 Å². The van der Waals surface area contributed by atoms with Crippen LogP contribution in [0.1, 0.15) is 5.56 Å². The summed E-state index contributed by atoms with van der Waals surface area (Å²) in [6.45, 7) is 0. The largest absolute Gasteiger partial charge is 0.364 e. The summed E-state index contributed by atoms with van der Waals surface area (Å²) in [5.41, 5.74) is 2.51. The fourth-order valence-electron chi connectivity index (χ4n) is 0.508. The van der Waals surface area contributed by atoms with Crippen molar-refractivity contribution in [2.45, 2.75) is 6.42 Å². The van der Waals surface area contributed by atoms with Crippen LogP contribution in [0.2, 0.25) is 0 Å². The lowest BCUT2D eigenvalue weighted by Gasteiger charge is -1.79. The van der Waals surface area contributed by atoms with Crippen LogP contribution in [0.15, 0.2) is 28.6 Å². The van der Waals surface area contributed by atoms with E-state index in [0.29, 0.717) is 0 Å². The molecule has 1 aromatic rings. The van der Waals surface area contributed by atoms with E-state index in [1.54, 1.807) is 12.5 Å². The molecule has 0 aliphatic carbocycles. The van der Waals surface area contributed by atoms with E-state index in [1.165, 1.54) is 5.54 Å². The van der Waals surface area contributed by atoms with Gasteiger partial charge in [0.05, 0.1) is 6.20 Å². The lowest BCUT2D eigenvalue weighted by Crippen LogP contribution is -1.71. The Morgan fingerprint density at radius 1 is 1.78 bits per heavy atom. The van der Waals surface area contributed by atoms with Crippen LogP contribution in [0, 0.1) is 0 Å². The average Bonchev–Trinajstić information content (AvgIpc) is 2.34. The van der Waals surface area contributed by atoms with E-state index in [9.17, 15) is 0 Å². The molecule has 2 nitrogen and oxygen atoms in total. The van der Waals surface area contributed by atoms with Gasteiger partial charge in [-0.15, -0.1) is 0 Å². The highest BCUT2D eigenvalue weighted by atomic mass is 35.5. The number of hydrogen-bond donors (Lipinski definition) is 0.